The van der Waals surface area contributed by atoms with E-state index in [2.05, 4.69) is 25.9 Å². The van der Waals surface area contributed by atoms with Crippen molar-refractivity contribution in [2.75, 3.05) is 42.8 Å². The van der Waals surface area contributed by atoms with Gasteiger partial charge in [-0.2, -0.15) is 4.98 Å². The minimum atomic E-state index is -0.596. The van der Waals surface area contributed by atoms with E-state index >= 15 is 0 Å². The summed E-state index contributed by atoms with van der Waals surface area (Å²) in [6, 6.07) is 14.4. The molecule has 0 fully saturated rings. The topological polar surface area (TPSA) is 130 Å². The van der Waals surface area contributed by atoms with Gasteiger partial charge in [0.1, 0.15) is 12.4 Å². The zero-order valence-electron chi connectivity index (χ0n) is 18.7. The van der Waals surface area contributed by atoms with E-state index in [9.17, 15) is 9.18 Å². The fourth-order valence-corrected chi connectivity index (χ4v) is 2.90. The Morgan fingerprint density at radius 1 is 1.06 bits per heavy atom. The summed E-state index contributed by atoms with van der Waals surface area (Å²) in [7, 11) is 1.61. The molecule has 0 aliphatic rings. The summed E-state index contributed by atoms with van der Waals surface area (Å²) in [5, 5.41) is 17.7. The normalized spacial score (nSPS) is 10.4. The highest BCUT2D eigenvalue weighted by atomic mass is 19.1. The molecule has 10 nitrogen and oxygen atoms in total. The van der Waals surface area contributed by atoms with Crippen molar-refractivity contribution in [1.29, 1.82) is 0 Å². The molecule has 1 amide bonds. The number of nitrogens with one attached hydrogen (secondary N) is 4. The van der Waals surface area contributed by atoms with Crippen LogP contribution in [0.5, 0.6) is 5.75 Å². The van der Waals surface area contributed by atoms with Crippen molar-refractivity contribution in [2.24, 2.45) is 0 Å². The fourth-order valence-electron chi connectivity index (χ4n) is 2.90. The second-order valence-corrected chi connectivity index (χ2v) is 7.15. The Kier molecular flexibility index (Phi) is 9.38. The van der Waals surface area contributed by atoms with Crippen molar-refractivity contribution in [3.05, 3.63) is 60.5 Å². The Hall–Kier alpha value is -3.96. The van der Waals surface area contributed by atoms with Gasteiger partial charge in [-0.25, -0.2) is 14.9 Å². The lowest BCUT2D eigenvalue weighted by Gasteiger charge is -2.12. The molecular formula is C23H27FN6O4. The molecular weight excluding hydrogens is 443 g/mol. The van der Waals surface area contributed by atoms with Crippen molar-refractivity contribution in [3.63, 3.8) is 0 Å². The Morgan fingerprint density at radius 3 is 2.62 bits per heavy atom. The van der Waals surface area contributed by atoms with Crippen LogP contribution in [0.3, 0.4) is 0 Å². The number of anilines is 5. The first-order valence-corrected chi connectivity index (χ1v) is 10.6. The number of benzene rings is 2. The Labute approximate surface area is 196 Å². The summed E-state index contributed by atoms with van der Waals surface area (Å²) < 4.78 is 24.8. The predicted octanol–water partition coefficient (Wildman–Crippen LogP) is 3.83. The average molecular weight is 471 g/mol. The van der Waals surface area contributed by atoms with Gasteiger partial charge in [-0.05, 0) is 48.9 Å². The molecule has 180 valence electrons. The molecule has 0 unspecified atom stereocenters. The number of carbonyl (C=O) groups is 1. The van der Waals surface area contributed by atoms with Crippen LogP contribution in [0.15, 0.2) is 54.7 Å². The van der Waals surface area contributed by atoms with Crippen molar-refractivity contribution < 1.29 is 23.9 Å². The molecule has 2 aromatic carbocycles. The van der Waals surface area contributed by atoms with E-state index in [4.69, 9.17) is 14.7 Å². The van der Waals surface area contributed by atoms with Crippen LogP contribution in [0.4, 0.5) is 33.2 Å². The molecule has 0 saturated carbocycles. The van der Waals surface area contributed by atoms with Gasteiger partial charge in [-0.1, -0.05) is 6.07 Å². The molecule has 3 rings (SSSR count). The van der Waals surface area contributed by atoms with Gasteiger partial charge in [0.25, 0.3) is 0 Å². The summed E-state index contributed by atoms with van der Waals surface area (Å²) in [6.07, 6.45) is 1.83. The first-order chi connectivity index (χ1) is 16.6. The predicted molar refractivity (Wildman–Crippen MR) is 126 cm³/mol. The van der Waals surface area contributed by atoms with Crippen LogP contribution in [-0.4, -0.2) is 48.0 Å². The highest BCUT2D eigenvalue weighted by molar-refractivity contribution is 5.74. The highest BCUT2D eigenvalue weighted by Gasteiger charge is 2.09. The molecule has 0 radical (unpaired) electrons. The minimum Gasteiger partial charge on any atom is -0.491 e. The monoisotopic (exact) mass is 470 g/mol. The van der Waals surface area contributed by atoms with Gasteiger partial charge in [-0.15, -0.1) is 0 Å². The second-order valence-electron chi connectivity index (χ2n) is 7.15. The van der Waals surface area contributed by atoms with E-state index < -0.39 is 11.7 Å². The molecule has 0 spiro atoms. The quantitative estimate of drug-likeness (QED) is 0.144. The number of methoxy groups -OCH3 is 1. The largest absolute Gasteiger partial charge is 0.491 e. The van der Waals surface area contributed by atoms with Crippen LogP contribution >= 0.6 is 0 Å². The molecule has 3 aromatic rings. The van der Waals surface area contributed by atoms with Gasteiger partial charge >= 0.3 is 0 Å². The number of nitrogens with zero attached hydrogens (tertiary/aromatic N) is 2. The highest BCUT2D eigenvalue weighted by Crippen LogP contribution is 2.23. The van der Waals surface area contributed by atoms with Gasteiger partial charge in [0, 0.05) is 37.1 Å². The number of amides is 1. The van der Waals surface area contributed by atoms with E-state index in [0.29, 0.717) is 37.6 Å². The van der Waals surface area contributed by atoms with Crippen LogP contribution < -0.4 is 26.2 Å². The summed E-state index contributed by atoms with van der Waals surface area (Å²) in [6.45, 7) is 1.49. The molecule has 0 saturated heterocycles. The second kappa shape index (κ2) is 12.9. The first kappa shape index (κ1) is 24.7. The van der Waals surface area contributed by atoms with Gasteiger partial charge in [0.2, 0.25) is 11.9 Å². The van der Waals surface area contributed by atoms with Crippen molar-refractivity contribution >= 4 is 34.7 Å². The van der Waals surface area contributed by atoms with Crippen molar-refractivity contribution in [3.8, 4) is 5.75 Å². The number of hydrogen-bond donors (Lipinski definition) is 5. The van der Waals surface area contributed by atoms with Crippen molar-refractivity contribution in [2.45, 2.75) is 12.8 Å². The van der Waals surface area contributed by atoms with Crippen LogP contribution in [0, 0.1) is 5.82 Å². The van der Waals surface area contributed by atoms with E-state index in [1.165, 1.54) is 0 Å². The first-order valence-electron chi connectivity index (χ1n) is 10.6. The molecule has 1 aromatic heterocycles. The summed E-state index contributed by atoms with van der Waals surface area (Å²) in [5.41, 5.74) is 3.73. The van der Waals surface area contributed by atoms with Crippen molar-refractivity contribution in [1.82, 2.24) is 15.4 Å². The van der Waals surface area contributed by atoms with Crippen LogP contribution in [0.2, 0.25) is 0 Å². The van der Waals surface area contributed by atoms with E-state index in [1.54, 1.807) is 55.1 Å². The summed E-state index contributed by atoms with van der Waals surface area (Å²) in [5.74, 6) is -0.0784. The number of hydrogen-bond acceptors (Lipinski definition) is 9. The van der Waals surface area contributed by atoms with Gasteiger partial charge in [0.15, 0.2) is 11.6 Å². The molecule has 11 heteroatoms. The van der Waals surface area contributed by atoms with E-state index in [0.717, 1.165) is 17.6 Å². The Balaban J connectivity index is 1.59. The van der Waals surface area contributed by atoms with E-state index in [-0.39, 0.29) is 18.2 Å². The third kappa shape index (κ3) is 7.87. The number of aromatic nitrogens is 2. The fraction of sp³-hybridized carbons (Fsp3) is 0.261. The molecule has 0 aliphatic heterocycles. The SMILES string of the molecule is COCCOc1ccc(Nc2ncc(F)c(Nc3cccc(NCCCC(=O)NO)c3)n2)cc1. The maximum absolute atomic E-state index is 14.3. The van der Waals surface area contributed by atoms with E-state index in [1.807, 2.05) is 6.07 Å². The number of hydroxylamine groups is 1. The Bertz CT molecular complexity index is 1070. The zero-order valence-corrected chi connectivity index (χ0v) is 18.7. The number of rotatable bonds is 13. The smallest absolute Gasteiger partial charge is 0.243 e. The minimum absolute atomic E-state index is 0.0220. The van der Waals surface area contributed by atoms with Crippen LogP contribution in [0.1, 0.15) is 12.8 Å². The number of carbonyl (C=O) groups excluding carboxylic acids is 1. The van der Waals surface area contributed by atoms with Gasteiger partial charge in [0.05, 0.1) is 12.8 Å². The Morgan fingerprint density at radius 2 is 1.85 bits per heavy atom. The lowest BCUT2D eigenvalue weighted by molar-refractivity contribution is -0.129. The van der Waals surface area contributed by atoms with Gasteiger partial charge in [-0.3, -0.25) is 10.0 Å². The molecule has 0 atom stereocenters. The zero-order chi connectivity index (χ0) is 24.2. The molecule has 34 heavy (non-hydrogen) atoms. The number of ether oxygens (including phenoxy) is 2. The molecule has 5 N–H and O–H groups in total. The van der Waals surface area contributed by atoms with Gasteiger partial charge < -0.3 is 25.4 Å². The third-order valence-electron chi connectivity index (χ3n) is 4.57. The summed E-state index contributed by atoms with van der Waals surface area (Å²) in [4.78, 5) is 19.3. The van der Waals surface area contributed by atoms with Crippen LogP contribution in [-0.2, 0) is 9.53 Å². The average Bonchev–Trinajstić information content (AvgIpc) is 2.85. The molecule has 0 bridgehead atoms. The molecule has 1 heterocycles. The molecule has 0 aliphatic carbocycles. The van der Waals surface area contributed by atoms with Crippen LogP contribution in [0.25, 0.3) is 0 Å². The standard InChI is InChI=1S/C23H27FN6O4/c1-33-12-13-34-19-9-7-16(8-10-19)28-23-26-15-20(24)22(29-23)27-18-5-2-4-17(14-18)25-11-3-6-21(31)30-32/h2,4-5,7-10,14-15,25,32H,3,6,11-13H2,1H3,(H,30,31)(H2,26,27,28,29). The maximum atomic E-state index is 14.3. The lowest BCUT2D eigenvalue weighted by atomic mass is 10.2. The number of halogens is 1. The maximum Gasteiger partial charge on any atom is 0.243 e. The summed E-state index contributed by atoms with van der Waals surface area (Å²) >= 11 is 0. The lowest BCUT2D eigenvalue weighted by Crippen LogP contribution is -2.19. The third-order valence-corrected chi connectivity index (χ3v) is 4.57.